The summed E-state index contributed by atoms with van der Waals surface area (Å²) in [7, 11) is 5.59. The zero-order chi connectivity index (χ0) is 15.3. The van der Waals surface area contributed by atoms with Gasteiger partial charge in [-0.1, -0.05) is 0 Å². The number of aromatic nitrogens is 1. The third-order valence-corrected chi connectivity index (χ3v) is 2.75. The summed E-state index contributed by atoms with van der Waals surface area (Å²) in [5.41, 5.74) is -0.487. The molecule has 0 aromatic carbocycles. The smallest absolute Gasteiger partial charge is 0.337 e. The summed E-state index contributed by atoms with van der Waals surface area (Å²) in [4.78, 5) is 28.8. The lowest BCUT2D eigenvalue weighted by atomic mass is 10.2. The van der Waals surface area contributed by atoms with Gasteiger partial charge in [-0.15, -0.1) is 0 Å². The fourth-order valence-corrected chi connectivity index (χ4v) is 1.72. The van der Waals surface area contributed by atoms with E-state index in [1.807, 2.05) is 19.0 Å². The highest BCUT2D eigenvalue weighted by Crippen LogP contribution is 2.25. The van der Waals surface area contributed by atoms with Gasteiger partial charge in [-0.3, -0.25) is 10.1 Å². The summed E-state index contributed by atoms with van der Waals surface area (Å²) in [6.45, 7) is 1.45. The molecule has 0 saturated carbocycles. The van der Waals surface area contributed by atoms with Gasteiger partial charge in [0.1, 0.15) is 0 Å². The number of hydrogen-bond acceptors (Lipinski definition) is 6. The number of nitro groups is 1. The molecule has 0 aliphatic rings. The third kappa shape index (κ3) is 4.16. The van der Waals surface area contributed by atoms with E-state index in [-0.39, 0.29) is 17.1 Å². The van der Waals surface area contributed by atoms with Crippen molar-refractivity contribution in [3.05, 3.63) is 27.9 Å². The molecule has 0 spiro atoms. The van der Waals surface area contributed by atoms with Crippen LogP contribution in [0.15, 0.2) is 12.3 Å². The molecule has 0 aliphatic carbocycles. The maximum Gasteiger partial charge on any atom is 0.337 e. The maximum atomic E-state index is 11.0. The Morgan fingerprint density at radius 2 is 2.05 bits per heavy atom. The number of anilines is 1. The van der Waals surface area contributed by atoms with Gasteiger partial charge in [0.15, 0.2) is 0 Å². The molecule has 1 aromatic heterocycles. The highest BCUT2D eigenvalue weighted by molar-refractivity contribution is 5.88. The molecule has 0 amide bonds. The first kappa shape index (κ1) is 15.8. The van der Waals surface area contributed by atoms with Crippen LogP contribution in [0.4, 0.5) is 11.5 Å². The topological polar surface area (TPSA) is 99.8 Å². The molecule has 0 unspecified atom stereocenters. The van der Waals surface area contributed by atoms with Crippen LogP contribution in [0.1, 0.15) is 16.8 Å². The zero-order valence-corrected chi connectivity index (χ0v) is 11.7. The molecule has 0 saturated heterocycles. The van der Waals surface area contributed by atoms with E-state index >= 15 is 0 Å². The van der Waals surface area contributed by atoms with Crippen molar-refractivity contribution in [2.45, 2.75) is 6.42 Å². The molecule has 0 atom stereocenters. The van der Waals surface area contributed by atoms with Gasteiger partial charge < -0.3 is 14.9 Å². The van der Waals surface area contributed by atoms with Gasteiger partial charge in [0.25, 0.3) is 0 Å². The number of aromatic carboxylic acids is 1. The van der Waals surface area contributed by atoms with Crippen LogP contribution >= 0.6 is 0 Å². The first-order chi connectivity index (χ1) is 9.32. The van der Waals surface area contributed by atoms with Crippen molar-refractivity contribution < 1.29 is 14.8 Å². The van der Waals surface area contributed by atoms with Gasteiger partial charge in [0, 0.05) is 25.9 Å². The standard InChI is InChI=1S/C12H18N4O4/c1-14(2)5-4-6-15(3)11-10(16(19)20)7-9(8-13-11)12(17)18/h7-8H,4-6H2,1-3H3,(H,17,18). The van der Waals surface area contributed by atoms with E-state index in [0.717, 1.165) is 25.2 Å². The van der Waals surface area contributed by atoms with Crippen LogP contribution < -0.4 is 4.90 Å². The molecule has 1 heterocycles. The van der Waals surface area contributed by atoms with E-state index in [1.165, 1.54) is 0 Å². The van der Waals surface area contributed by atoms with Crippen LogP contribution in [-0.2, 0) is 0 Å². The Bertz CT molecular complexity index is 504. The Labute approximate surface area is 116 Å². The minimum atomic E-state index is -1.23. The van der Waals surface area contributed by atoms with E-state index in [4.69, 9.17) is 5.11 Å². The van der Waals surface area contributed by atoms with Gasteiger partial charge in [0.2, 0.25) is 5.82 Å². The fourth-order valence-electron chi connectivity index (χ4n) is 1.72. The average Bonchev–Trinajstić information content (AvgIpc) is 2.37. The lowest BCUT2D eigenvalue weighted by Gasteiger charge is -2.19. The van der Waals surface area contributed by atoms with E-state index in [9.17, 15) is 14.9 Å². The second-order valence-electron chi connectivity index (χ2n) is 4.71. The first-order valence-corrected chi connectivity index (χ1v) is 6.06. The van der Waals surface area contributed by atoms with E-state index in [0.29, 0.717) is 6.54 Å². The lowest BCUT2D eigenvalue weighted by molar-refractivity contribution is -0.384. The van der Waals surface area contributed by atoms with E-state index < -0.39 is 10.9 Å². The van der Waals surface area contributed by atoms with Gasteiger partial charge in [-0.25, -0.2) is 9.78 Å². The van der Waals surface area contributed by atoms with Crippen molar-refractivity contribution in [1.82, 2.24) is 9.88 Å². The molecular formula is C12H18N4O4. The number of carboxylic acid groups (broad SMARTS) is 1. The number of pyridine rings is 1. The SMILES string of the molecule is CN(C)CCCN(C)c1ncc(C(=O)O)cc1[N+](=O)[O-]. The third-order valence-electron chi connectivity index (χ3n) is 2.75. The number of hydrogen-bond donors (Lipinski definition) is 1. The normalized spacial score (nSPS) is 10.6. The molecule has 8 heteroatoms. The van der Waals surface area contributed by atoms with Crippen molar-refractivity contribution >= 4 is 17.5 Å². The molecule has 1 aromatic rings. The predicted molar refractivity (Wildman–Crippen MR) is 74.3 cm³/mol. The second kappa shape index (κ2) is 6.80. The molecule has 0 aliphatic heterocycles. The second-order valence-corrected chi connectivity index (χ2v) is 4.71. The molecule has 0 radical (unpaired) electrons. The summed E-state index contributed by atoms with van der Waals surface area (Å²) >= 11 is 0. The molecule has 110 valence electrons. The van der Waals surface area contributed by atoms with E-state index in [2.05, 4.69) is 4.98 Å². The molecule has 20 heavy (non-hydrogen) atoms. The van der Waals surface area contributed by atoms with Crippen molar-refractivity contribution in [1.29, 1.82) is 0 Å². The summed E-state index contributed by atoms with van der Waals surface area (Å²) < 4.78 is 0. The average molecular weight is 282 g/mol. The monoisotopic (exact) mass is 282 g/mol. The quantitative estimate of drug-likeness (QED) is 0.590. The van der Waals surface area contributed by atoms with Crippen LogP contribution in [0.2, 0.25) is 0 Å². The summed E-state index contributed by atoms with van der Waals surface area (Å²) in [6.07, 6.45) is 1.95. The van der Waals surface area contributed by atoms with Crippen LogP contribution in [0.25, 0.3) is 0 Å². The summed E-state index contributed by atoms with van der Waals surface area (Å²) in [5, 5.41) is 19.9. The lowest BCUT2D eigenvalue weighted by Crippen LogP contribution is -2.25. The van der Waals surface area contributed by atoms with Crippen LogP contribution in [-0.4, -0.2) is 60.1 Å². The van der Waals surface area contributed by atoms with Crippen molar-refractivity contribution in [2.24, 2.45) is 0 Å². The number of nitrogens with zero attached hydrogens (tertiary/aromatic N) is 4. The Morgan fingerprint density at radius 3 is 2.55 bits per heavy atom. The van der Waals surface area contributed by atoms with E-state index in [1.54, 1.807) is 11.9 Å². The molecular weight excluding hydrogens is 264 g/mol. The molecule has 0 fully saturated rings. The minimum Gasteiger partial charge on any atom is -0.478 e. The van der Waals surface area contributed by atoms with Crippen LogP contribution in [0.3, 0.4) is 0 Å². The zero-order valence-electron chi connectivity index (χ0n) is 11.7. The van der Waals surface area contributed by atoms with Gasteiger partial charge >= 0.3 is 11.7 Å². The Balaban J connectivity index is 2.93. The maximum absolute atomic E-state index is 11.0. The molecule has 8 nitrogen and oxygen atoms in total. The number of rotatable bonds is 7. The van der Waals surface area contributed by atoms with Crippen molar-refractivity contribution in [3.8, 4) is 0 Å². The fraction of sp³-hybridized carbons (Fsp3) is 0.500. The molecule has 1 rings (SSSR count). The summed E-state index contributed by atoms with van der Waals surface area (Å²) in [6, 6.07) is 1.03. The summed E-state index contributed by atoms with van der Waals surface area (Å²) in [5.74, 6) is -1.05. The van der Waals surface area contributed by atoms with Crippen LogP contribution in [0, 0.1) is 10.1 Å². The Morgan fingerprint density at radius 1 is 1.40 bits per heavy atom. The molecule has 1 N–H and O–H groups in total. The minimum absolute atomic E-state index is 0.179. The first-order valence-electron chi connectivity index (χ1n) is 6.06. The molecule has 0 bridgehead atoms. The number of carboxylic acids is 1. The van der Waals surface area contributed by atoms with Crippen molar-refractivity contribution in [3.63, 3.8) is 0 Å². The Kier molecular flexibility index (Phi) is 5.39. The Hall–Kier alpha value is -2.22. The highest BCUT2D eigenvalue weighted by atomic mass is 16.6. The predicted octanol–water partition coefficient (Wildman–Crippen LogP) is 1.08. The van der Waals surface area contributed by atoms with Gasteiger partial charge in [0.05, 0.1) is 10.5 Å². The number of carbonyl (C=O) groups is 1. The van der Waals surface area contributed by atoms with Crippen LogP contribution in [0.5, 0.6) is 0 Å². The van der Waals surface area contributed by atoms with Gasteiger partial charge in [-0.2, -0.15) is 0 Å². The highest BCUT2D eigenvalue weighted by Gasteiger charge is 2.21. The largest absolute Gasteiger partial charge is 0.478 e. The van der Waals surface area contributed by atoms with Gasteiger partial charge in [-0.05, 0) is 27.1 Å². The van der Waals surface area contributed by atoms with Crippen molar-refractivity contribution in [2.75, 3.05) is 39.1 Å².